The molecular formula is C25H17FI2N2O4S. The Morgan fingerprint density at radius 3 is 2.49 bits per heavy atom. The number of benzene rings is 3. The fourth-order valence-electron chi connectivity index (χ4n) is 3.16. The summed E-state index contributed by atoms with van der Waals surface area (Å²) in [6.45, 7) is 0.314. The molecule has 6 nitrogen and oxygen atoms in total. The number of ether oxygens (including phenoxy) is 1. The highest BCUT2D eigenvalue weighted by Gasteiger charge is 2.30. The molecule has 0 saturated carbocycles. The zero-order valence-electron chi connectivity index (χ0n) is 18.2. The molecule has 0 atom stereocenters. The third kappa shape index (κ3) is 6.22. The van der Waals surface area contributed by atoms with E-state index in [4.69, 9.17) is 4.74 Å². The van der Waals surface area contributed by atoms with Crippen molar-refractivity contribution in [1.29, 1.82) is 0 Å². The van der Waals surface area contributed by atoms with Crippen LogP contribution in [0.15, 0.2) is 70.6 Å². The summed E-state index contributed by atoms with van der Waals surface area (Å²) in [6, 6.07) is 16.3. The SMILES string of the molecule is CN1C(=O)C(=Cc2cc(I)c(OCc3ccc(F)cc3)c(I)c2)SC1=Nc1cccc(C(=O)O)c1. The van der Waals surface area contributed by atoms with Crippen LogP contribution in [-0.2, 0) is 11.4 Å². The predicted octanol–water partition coefficient (Wildman–Crippen LogP) is 6.55. The fraction of sp³-hybridized carbons (Fsp3) is 0.0800. The van der Waals surface area contributed by atoms with Crippen molar-refractivity contribution in [3.8, 4) is 5.75 Å². The summed E-state index contributed by atoms with van der Waals surface area (Å²) in [5.74, 6) is -0.793. The summed E-state index contributed by atoms with van der Waals surface area (Å²) in [6.07, 6.45) is 1.80. The molecule has 3 aromatic rings. The van der Waals surface area contributed by atoms with Crippen LogP contribution in [0, 0.1) is 13.0 Å². The third-order valence-electron chi connectivity index (χ3n) is 4.94. The zero-order valence-corrected chi connectivity index (χ0v) is 23.3. The summed E-state index contributed by atoms with van der Waals surface area (Å²) in [4.78, 5) is 30.4. The standard InChI is InChI=1S/C25H17FI2N2O4S/c1-30-23(31)21(35-25(30)29-18-4-2-3-16(12-18)24(32)33)11-15-9-19(27)22(20(28)10-15)34-13-14-5-7-17(26)8-6-14/h2-12H,13H2,1H3,(H,32,33). The van der Waals surface area contributed by atoms with Crippen LogP contribution in [0.3, 0.4) is 0 Å². The molecule has 10 heteroatoms. The number of carboxylic acids is 1. The van der Waals surface area contributed by atoms with E-state index in [9.17, 15) is 19.1 Å². The van der Waals surface area contributed by atoms with Gasteiger partial charge in [0.25, 0.3) is 5.91 Å². The number of thioether (sulfide) groups is 1. The second-order valence-corrected chi connectivity index (χ2v) is 10.8. The van der Waals surface area contributed by atoms with E-state index in [1.54, 1.807) is 37.4 Å². The molecule has 1 amide bonds. The van der Waals surface area contributed by atoms with Crippen LogP contribution in [0.2, 0.25) is 0 Å². The van der Waals surface area contributed by atoms with Crippen molar-refractivity contribution in [3.63, 3.8) is 0 Å². The van der Waals surface area contributed by atoms with Gasteiger partial charge in [-0.05, 0) is 117 Å². The normalized spacial score (nSPS) is 15.8. The van der Waals surface area contributed by atoms with E-state index >= 15 is 0 Å². The van der Waals surface area contributed by atoms with Gasteiger partial charge < -0.3 is 9.84 Å². The van der Waals surface area contributed by atoms with Crippen molar-refractivity contribution >= 4 is 85.8 Å². The van der Waals surface area contributed by atoms with Crippen molar-refractivity contribution in [1.82, 2.24) is 4.90 Å². The number of halogens is 3. The van der Waals surface area contributed by atoms with Gasteiger partial charge in [0.2, 0.25) is 0 Å². The van der Waals surface area contributed by atoms with E-state index in [0.29, 0.717) is 22.4 Å². The number of carbonyl (C=O) groups is 2. The molecule has 0 bridgehead atoms. The van der Waals surface area contributed by atoms with E-state index in [1.807, 2.05) is 12.1 Å². The molecule has 4 rings (SSSR count). The molecule has 1 fully saturated rings. The molecule has 3 aromatic carbocycles. The molecule has 0 aliphatic carbocycles. The van der Waals surface area contributed by atoms with Crippen LogP contribution in [0.4, 0.5) is 10.1 Å². The summed E-state index contributed by atoms with van der Waals surface area (Å²) < 4.78 is 20.8. The van der Waals surface area contributed by atoms with Gasteiger partial charge in [-0.3, -0.25) is 9.69 Å². The second-order valence-electron chi connectivity index (χ2n) is 7.45. The maximum Gasteiger partial charge on any atom is 0.335 e. The quantitative estimate of drug-likeness (QED) is 0.232. The monoisotopic (exact) mass is 714 g/mol. The number of likely N-dealkylation sites (N-methyl/N-ethyl adjacent to an activating group) is 1. The molecular weight excluding hydrogens is 697 g/mol. The van der Waals surface area contributed by atoms with E-state index in [-0.39, 0.29) is 17.3 Å². The number of nitrogens with zero attached hydrogens (tertiary/aromatic N) is 2. The van der Waals surface area contributed by atoms with Crippen LogP contribution in [0.1, 0.15) is 21.5 Å². The summed E-state index contributed by atoms with van der Waals surface area (Å²) in [5, 5.41) is 9.65. The van der Waals surface area contributed by atoms with E-state index in [0.717, 1.165) is 24.0 Å². The first-order valence-electron chi connectivity index (χ1n) is 10.2. The Labute approximate surface area is 232 Å². The zero-order chi connectivity index (χ0) is 25.1. The number of rotatable bonds is 6. The Kier molecular flexibility index (Phi) is 8.12. The maximum atomic E-state index is 13.1. The lowest BCUT2D eigenvalue weighted by atomic mass is 10.2. The Hall–Kier alpha value is -2.45. The van der Waals surface area contributed by atoms with E-state index in [1.165, 1.54) is 40.9 Å². The average Bonchev–Trinajstić information content (AvgIpc) is 3.07. The molecule has 1 aliphatic rings. The molecule has 178 valence electrons. The number of hydrogen-bond donors (Lipinski definition) is 1. The number of amidine groups is 1. The second kappa shape index (κ2) is 11.1. The van der Waals surface area contributed by atoms with Crippen molar-refractivity contribution in [2.24, 2.45) is 4.99 Å². The summed E-state index contributed by atoms with van der Waals surface area (Å²) >= 11 is 5.61. The number of amides is 1. The predicted molar refractivity (Wildman–Crippen MR) is 151 cm³/mol. The minimum absolute atomic E-state index is 0.130. The first-order chi connectivity index (χ1) is 16.7. The molecule has 1 aliphatic heterocycles. The molecule has 0 spiro atoms. The number of aliphatic imine (C=N–C) groups is 1. The van der Waals surface area contributed by atoms with Crippen LogP contribution in [-0.4, -0.2) is 34.1 Å². The topological polar surface area (TPSA) is 79.2 Å². The molecule has 1 heterocycles. The molecule has 0 unspecified atom stereocenters. The van der Waals surface area contributed by atoms with Crippen LogP contribution >= 0.6 is 56.9 Å². The first-order valence-corrected chi connectivity index (χ1v) is 13.1. The Balaban J connectivity index is 1.54. The molecule has 1 N–H and O–H groups in total. The highest BCUT2D eigenvalue weighted by Crippen LogP contribution is 2.35. The molecule has 0 radical (unpaired) electrons. The van der Waals surface area contributed by atoms with Crippen molar-refractivity contribution in [2.45, 2.75) is 6.61 Å². The minimum Gasteiger partial charge on any atom is -0.487 e. The number of carbonyl (C=O) groups excluding carboxylic acids is 1. The van der Waals surface area contributed by atoms with Gasteiger partial charge in [-0.25, -0.2) is 14.2 Å². The average molecular weight is 714 g/mol. The van der Waals surface area contributed by atoms with Crippen molar-refractivity contribution in [2.75, 3.05) is 7.05 Å². The largest absolute Gasteiger partial charge is 0.487 e. The minimum atomic E-state index is -1.04. The van der Waals surface area contributed by atoms with Crippen LogP contribution in [0.5, 0.6) is 5.75 Å². The Morgan fingerprint density at radius 2 is 1.83 bits per heavy atom. The Bertz CT molecular complexity index is 1350. The van der Waals surface area contributed by atoms with Gasteiger partial charge in [-0.15, -0.1) is 0 Å². The lowest BCUT2D eigenvalue weighted by Crippen LogP contribution is -2.23. The first kappa shape index (κ1) is 25.6. The molecule has 35 heavy (non-hydrogen) atoms. The van der Waals surface area contributed by atoms with Gasteiger partial charge in [-0.2, -0.15) is 0 Å². The van der Waals surface area contributed by atoms with E-state index < -0.39 is 5.97 Å². The number of aromatic carboxylic acids is 1. The van der Waals surface area contributed by atoms with Crippen molar-refractivity contribution < 1.29 is 23.8 Å². The number of carboxylic acid groups (broad SMARTS) is 1. The van der Waals surface area contributed by atoms with Gasteiger partial charge in [0.1, 0.15) is 18.2 Å². The maximum absolute atomic E-state index is 13.1. The van der Waals surface area contributed by atoms with Gasteiger partial charge >= 0.3 is 5.97 Å². The van der Waals surface area contributed by atoms with E-state index in [2.05, 4.69) is 50.2 Å². The smallest absolute Gasteiger partial charge is 0.335 e. The van der Waals surface area contributed by atoms with Gasteiger partial charge in [-0.1, -0.05) is 18.2 Å². The van der Waals surface area contributed by atoms with Crippen LogP contribution < -0.4 is 4.74 Å². The summed E-state index contributed by atoms with van der Waals surface area (Å²) in [7, 11) is 1.63. The third-order valence-corrected chi connectivity index (χ3v) is 7.60. The van der Waals surface area contributed by atoms with Crippen LogP contribution in [0.25, 0.3) is 6.08 Å². The molecule has 0 aromatic heterocycles. The highest BCUT2D eigenvalue weighted by molar-refractivity contribution is 14.1. The van der Waals surface area contributed by atoms with Gasteiger partial charge in [0, 0.05) is 7.05 Å². The molecule has 1 saturated heterocycles. The van der Waals surface area contributed by atoms with Gasteiger partial charge in [0.05, 0.1) is 23.3 Å². The highest BCUT2D eigenvalue weighted by atomic mass is 127. The van der Waals surface area contributed by atoms with Crippen molar-refractivity contribution in [3.05, 3.63) is 95.2 Å². The summed E-state index contributed by atoms with van der Waals surface area (Å²) in [5.41, 5.74) is 2.29. The fourth-order valence-corrected chi connectivity index (χ4v) is 6.27. The lowest BCUT2D eigenvalue weighted by molar-refractivity contribution is -0.121. The number of hydrogen-bond acceptors (Lipinski definition) is 5. The lowest BCUT2D eigenvalue weighted by Gasteiger charge is -2.12. The Morgan fingerprint density at radius 1 is 1.14 bits per heavy atom. The van der Waals surface area contributed by atoms with Gasteiger partial charge in [0.15, 0.2) is 5.17 Å².